The van der Waals surface area contributed by atoms with E-state index in [4.69, 9.17) is 10.5 Å². The largest absolute Gasteiger partial charge is 0.501 e. The highest BCUT2D eigenvalue weighted by molar-refractivity contribution is 5.79. The molecule has 16 heavy (non-hydrogen) atoms. The van der Waals surface area contributed by atoms with Gasteiger partial charge in [-0.25, -0.2) is 4.98 Å². The third-order valence-electron chi connectivity index (χ3n) is 2.21. The highest BCUT2D eigenvalue weighted by Gasteiger charge is 1.91. The third kappa shape index (κ3) is 2.73. The number of ether oxygens (including phenoxy) is 1. The molecule has 2 N–H and O–H groups in total. The molecule has 0 unspecified atom stereocenters. The number of para-hydroxylation sites is 1. The zero-order valence-corrected chi connectivity index (χ0v) is 8.97. The second-order valence-electron chi connectivity index (χ2n) is 3.46. The van der Waals surface area contributed by atoms with Crippen molar-refractivity contribution in [2.45, 2.75) is 6.42 Å². The number of nitrogens with zero attached hydrogens (tertiary/aromatic N) is 1. The number of aromatic nitrogens is 1. The van der Waals surface area contributed by atoms with Crippen LogP contribution in [0, 0.1) is 0 Å². The Morgan fingerprint density at radius 3 is 2.69 bits per heavy atom. The molecule has 82 valence electrons. The van der Waals surface area contributed by atoms with Crippen LogP contribution in [0.5, 0.6) is 0 Å². The first-order valence-corrected chi connectivity index (χ1v) is 5.24. The standard InChI is InChI=1S/C9H8N2.C4H6O/c10-9-6-5-7-3-1-2-4-8(7)11-9;1-2-4-5-3-1/h1-6H,(H2,10,11);1,3H,2,4H2. The third-order valence-corrected chi connectivity index (χ3v) is 2.21. The van der Waals surface area contributed by atoms with Gasteiger partial charge in [0.1, 0.15) is 5.82 Å². The summed E-state index contributed by atoms with van der Waals surface area (Å²) in [6.07, 6.45) is 4.85. The lowest BCUT2D eigenvalue weighted by atomic mass is 10.2. The quantitative estimate of drug-likeness (QED) is 0.733. The van der Waals surface area contributed by atoms with Crippen LogP contribution in [-0.4, -0.2) is 11.6 Å². The van der Waals surface area contributed by atoms with Crippen LogP contribution in [0.2, 0.25) is 0 Å². The fourth-order valence-corrected chi connectivity index (χ4v) is 1.42. The second kappa shape index (κ2) is 5.16. The van der Waals surface area contributed by atoms with Gasteiger partial charge in [0.05, 0.1) is 18.4 Å². The highest BCUT2D eigenvalue weighted by atomic mass is 16.5. The van der Waals surface area contributed by atoms with Crippen LogP contribution in [0.3, 0.4) is 0 Å². The maximum Gasteiger partial charge on any atom is 0.124 e. The van der Waals surface area contributed by atoms with Crippen molar-refractivity contribution in [2.24, 2.45) is 0 Å². The number of pyridine rings is 1. The lowest BCUT2D eigenvalue weighted by Gasteiger charge is -1.95. The lowest BCUT2D eigenvalue weighted by molar-refractivity contribution is 0.281. The van der Waals surface area contributed by atoms with Crippen LogP contribution in [-0.2, 0) is 4.74 Å². The van der Waals surface area contributed by atoms with Crippen molar-refractivity contribution in [3.63, 3.8) is 0 Å². The molecule has 3 rings (SSSR count). The minimum absolute atomic E-state index is 0.573. The average Bonchev–Trinajstić information content (AvgIpc) is 2.87. The Kier molecular flexibility index (Phi) is 3.38. The van der Waals surface area contributed by atoms with Gasteiger partial charge >= 0.3 is 0 Å². The highest BCUT2D eigenvalue weighted by Crippen LogP contribution is 2.11. The van der Waals surface area contributed by atoms with Crippen LogP contribution in [0.25, 0.3) is 10.9 Å². The molecule has 1 aliphatic rings. The van der Waals surface area contributed by atoms with E-state index in [-0.39, 0.29) is 0 Å². The first kappa shape index (κ1) is 10.5. The van der Waals surface area contributed by atoms with Gasteiger partial charge in [0.25, 0.3) is 0 Å². The van der Waals surface area contributed by atoms with Gasteiger partial charge in [-0.2, -0.15) is 0 Å². The molecule has 0 saturated heterocycles. The van der Waals surface area contributed by atoms with E-state index in [1.807, 2.05) is 42.5 Å². The van der Waals surface area contributed by atoms with E-state index in [0.29, 0.717) is 5.82 Å². The van der Waals surface area contributed by atoms with Gasteiger partial charge in [-0.15, -0.1) is 0 Å². The molecule has 0 atom stereocenters. The molecule has 3 heteroatoms. The SMILES string of the molecule is C1=COCC1.Nc1ccc2ccccc2n1. The van der Waals surface area contributed by atoms with Gasteiger partial charge < -0.3 is 10.5 Å². The number of benzene rings is 1. The molecule has 3 nitrogen and oxygen atoms in total. The van der Waals surface area contributed by atoms with Gasteiger partial charge in [-0.3, -0.25) is 0 Å². The number of nitrogen functional groups attached to an aromatic ring is 1. The van der Waals surface area contributed by atoms with Crippen LogP contribution >= 0.6 is 0 Å². The first-order valence-electron chi connectivity index (χ1n) is 5.24. The summed E-state index contributed by atoms with van der Waals surface area (Å²) in [6, 6.07) is 11.7. The molecule has 0 fully saturated rings. The van der Waals surface area contributed by atoms with Crippen LogP contribution in [0.1, 0.15) is 6.42 Å². The van der Waals surface area contributed by atoms with E-state index in [2.05, 4.69) is 4.98 Å². The summed E-state index contributed by atoms with van der Waals surface area (Å²) in [4.78, 5) is 4.15. The van der Waals surface area contributed by atoms with Crippen LogP contribution in [0.15, 0.2) is 48.7 Å². The number of hydrogen-bond donors (Lipinski definition) is 1. The predicted octanol–water partition coefficient (Wildman–Crippen LogP) is 2.74. The number of nitrogens with two attached hydrogens (primary N) is 1. The van der Waals surface area contributed by atoms with Crippen molar-refractivity contribution in [2.75, 3.05) is 12.3 Å². The maximum absolute atomic E-state index is 5.51. The molecule has 0 radical (unpaired) electrons. The summed E-state index contributed by atoms with van der Waals surface area (Å²) in [5, 5.41) is 1.13. The molecule has 1 aromatic heterocycles. The smallest absolute Gasteiger partial charge is 0.124 e. The van der Waals surface area contributed by atoms with Crippen molar-refractivity contribution in [3.05, 3.63) is 48.7 Å². The Bertz CT molecular complexity index is 488. The first-order chi connectivity index (χ1) is 7.86. The monoisotopic (exact) mass is 214 g/mol. The molecule has 0 bridgehead atoms. The van der Waals surface area contributed by atoms with Gasteiger partial charge in [-0.1, -0.05) is 18.2 Å². The molecule has 1 aromatic carbocycles. The molecule has 2 aromatic rings. The maximum atomic E-state index is 5.51. The Hall–Kier alpha value is -2.03. The van der Waals surface area contributed by atoms with Crippen LogP contribution in [0.4, 0.5) is 5.82 Å². The minimum atomic E-state index is 0.573. The van der Waals surface area contributed by atoms with Crippen LogP contribution < -0.4 is 5.73 Å². The zero-order valence-electron chi connectivity index (χ0n) is 8.97. The van der Waals surface area contributed by atoms with E-state index >= 15 is 0 Å². The number of fused-ring (bicyclic) bond motifs is 1. The molecule has 1 aliphatic heterocycles. The van der Waals surface area contributed by atoms with Gasteiger partial charge in [-0.05, 0) is 24.3 Å². The van der Waals surface area contributed by atoms with Crippen molar-refractivity contribution >= 4 is 16.7 Å². The summed E-state index contributed by atoms with van der Waals surface area (Å²) in [5.41, 5.74) is 6.46. The molecule has 0 saturated carbocycles. The predicted molar refractivity (Wildman–Crippen MR) is 65.9 cm³/mol. The normalized spacial score (nSPS) is 13.0. The van der Waals surface area contributed by atoms with Gasteiger partial charge in [0.2, 0.25) is 0 Å². The van der Waals surface area contributed by atoms with E-state index in [1.165, 1.54) is 0 Å². The number of hydrogen-bond acceptors (Lipinski definition) is 3. The fourth-order valence-electron chi connectivity index (χ4n) is 1.42. The molecular formula is C13H14N2O. The van der Waals surface area contributed by atoms with Gasteiger partial charge in [0.15, 0.2) is 0 Å². The van der Waals surface area contributed by atoms with E-state index in [1.54, 1.807) is 6.26 Å². The van der Waals surface area contributed by atoms with Crippen molar-refractivity contribution in [1.29, 1.82) is 0 Å². The minimum Gasteiger partial charge on any atom is -0.501 e. The Morgan fingerprint density at radius 2 is 2.00 bits per heavy atom. The molecule has 2 heterocycles. The molecule has 0 amide bonds. The second-order valence-corrected chi connectivity index (χ2v) is 3.46. The van der Waals surface area contributed by atoms with E-state index in [9.17, 15) is 0 Å². The van der Waals surface area contributed by atoms with Crippen molar-refractivity contribution < 1.29 is 4.74 Å². The number of rotatable bonds is 0. The summed E-state index contributed by atoms with van der Waals surface area (Å²) in [5.74, 6) is 0.573. The molecule has 0 aliphatic carbocycles. The molecular weight excluding hydrogens is 200 g/mol. The summed E-state index contributed by atoms with van der Waals surface area (Å²) in [7, 11) is 0. The number of anilines is 1. The summed E-state index contributed by atoms with van der Waals surface area (Å²) >= 11 is 0. The fraction of sp³-hybridized carbons (Fsp3) is 0.154. The average molecular weight is 214 g/mol. The summed E-state index contributed by atoms with van der Waals surface area (Å²) in [6.45, 7) is 0.889. The van der Waals surface area contributed by atoms with Crippen molar-refractivity contribution in [3.8, 4) is 0 Å². The van der Waals surface area contributed by atoms with Crippen molar-refractivity contribution in [1.82, 2.24) is 4.98 Å². The van der Waals surface area contributed by atoms with E-state index in [0.717, 1.165) is 23.9 Å². The summed E-state index contributed by atoms with van der Waals surface area (Å²) < 4.78 is 4.76. The topological polar surface area (TPSA) is 48.1 Å². The Labute approximate surface area is 94.6 Å². The lowest BCUT2D eigenvalue weighted by Crippen LogP contribution is -1.88. The van der Waals surface area contributed by atoms with Gasteiger partial charge in [0, 0.05) is 11.8 Å². The molecule has 0 spiro atoms. The zero-order chi connectivity index (χ0) is 11.2. The van der Waals surface area contributed by atoms with E-state index < -0.39 is 0 Å². The Morgan fingerprint density at radius 1 is 1.12 bits per heavy atom. The Balaban J connectivity index is 0.000000162.